The molecule has 0 spiro atoms. The van der Waals surface area contributed by atoms with Crippen molar-refractivity contribution in [1.82, 2.24) is 14.7 Å². The van der Waals surface area contributed by atoms with Gasteiger partial charge in [-0.2, -0.15) is 0 Å². The van der Waals surface area contributed by atoms with Gasteiger partial charge < -0.3 is 9.80 Å². The maximum atomic E-state index is 12.7. The van der Waals surface area contributed by atoms with E-state index in [2.05, 4.69) is 0 Å². The first-order chi connectivity index (χ1) is 14.9. The number of nitrogens with zero attached hydrogens (tertiary/aromatic N) is 3. The average Bonchev–Trinajstić information content (AvgIpc) is 3.03. The third-order valence-electron chi connectivity index (χ3n) is 5.53. The molecular weight excluding hydrogens is 441 g/mol. The van der Waals surface area contributed by atoms with Crippen LogP contribution < -0.4 is 0 Å². The molecule has 0 radical (unpaired) electrons. The highest BCUT2D eigenvalue weighted by Gasteiger charge is 2.35. The van der Waals surface area contributed by atoms with Crippen molar-refractivity contribution in [2.45, 2.75) is 6.42 Å². The molecule has 9 heteroatoms. The van der Waals surface area contributed by atoms with Crippen LogP contribution in [-0.4, -0.2) is 71.1 Å². The summed E-state index contributed by atoms with van der Waals surface area (Å²) in [6.07, 6.45) is 0.0412. The zero-order valence-electron chi connectivity index (χ0n) is 16.5. The Hall–Kier alpha value is -2.90. The lowest BCUT2D eigenvalue weighted by Crippen LogP contribution is -2.51. The number of imide groups is 1. The molecule has 2 aliphatic heterocycles. The van der Waals surface area contributed by atoms with E-state index in [0.717, 1.165) is 4.90 Å². The lowest BCUT2D eigenvalue weighted by molar-refractivity contribution is -0.132. The molecule has 0 bridgehead atoms. The number of rotatable bonds is 4. The Morgan fingerprint density at radius 1 is 0.806 bits per heavy atom. The number of hydrogen-bond acceptors (Lipinski definition) is 4. The monoisotopic (exact) mass is 459 g/mol. The Kier molecular flexibility index (Phi) is 5.98. The quantitative estimate of drug-likeness (QED) is 0.658. The van der Waals surface area contributed by atoms with Crippen molar-refractivity contribution in [3.8, 4) is 0 Å². The minimum Gasteiger partial charge on any atom is -0.339 e. The molecule has 2 aromatic rings. The number of fused-ring (bicyclic) bond motifs is 1. The van der Waals surface area contributed by atoms with E-state index in [4.69, 9.17) is 23.2 Å². The Morgan fingerprint density at radius 3 is 2.00 bits per heavy atom. The fourth-order valence-electron chi connectivity index (χ4n) is 3.81. The predicted molar refractivity (Wildman–Crippen MR) is 115 cm³/mol. The number of benzene rings is 2. The first-order valence-corrected chi connectivity index (χ1v) is 10.6. The van der Waals surface area contributed by atoms with E-state index in [1.54, 1.807) is 52.3 Å². The van der Waals surface area contributed by atoms with E-state index in [1.807, 2.05) is 0 Å². The Bertz CT molecular complexity index is 1050. The van der Waals surface area contributed by atoms with Gasteiger partial charge in [0.25, 0.3) is 17.7 Å². The second-order valence-corrected chi connectivity index (χ2v) is 8.12. The van der Waals surface area contributed by atoms with Crippen molar-refractivity contribution in [3.63, 3.8) is 0 Å². The normalized spacial score (nSPS) is 16.0. The van der Waals surface area contributed by atoms with E-state index < -0.39 is 0 Å². The zero-order chi connectivity index (χ0) is 22.1. The number of carbonyl (C=O) groups excluding carboxylic acids is 4. The molecule has 31 heavy (non-hydrogen) atoms. The molecule has 0 atom stereocenters. The zero-order valence-corrected chi connectivity index (χ0v) is 18.0. The van der Waals surface area contributed by atoms with Crippen molar-refractivity contribution in [2.24, 2.45) is 0 Å². The first kappa shape index (κ1) is 21.3. The van der Waals surface area contributed by atoms with Gasteiger partial charge in [-0.3, -0.25) is 24.1 Å². The molecule has 1 fully saturated rings. The van der Waals surface area contributed by atoms with E-state index in [0.29, 0.717) is 47.9 Å². The van der Waals surface area contributed by atoms with Gasteiger partial charge in [0.05, 0.1) is 26.7 Å². The Labute approximate surface area is 189 Å². The maximum Gasteiger partial charge on any atom is 0.261 e. The fourth-order valence-corrected chi connectivity index (χ4v) is 4.19. The second-order valence-electron chi connectivity index (χ2n) is 7.33. The van der Waals surface area contributed by atoms with Gasteiger partial charge in [-0.15, -0.1) is 0 Å². The number of amides is 4. The molecule has 0 aliphatic carbocycles. The minimum atomic E-state index is -0.373. The fraction of sp³-hybridized carbons (Fsp3) is 0.273. The highest BCUT2D eigenvalue weighted by molar-refractivity contribution is 6.43. The molecule has 0 saturated carbocycles. The summed E-state index contributed by atoms with van der Waals surface area (Å²) in [6, 6.07) is 11.5. The van der Waals surface area contributed by atoms with E-state index >= 15 is 0 Å². The van der Waals surface area contributed by atoms with Crippen LogP contribution in [0.5, 0.6) is 0 Å². The van der Waals surface area contributed by atoms with Crippen molar-refractivity contribution in [2.75, 3.05) is 32.7 Å². The first-order valence-electron chi connectivity index (χ1n) is 9.84. The van der Waals surface area contributed by atoms with Gasteiger partial charge in [-0.25, -0.2) is 0 Å². The highest BCUT2D eigenvalue weighted by atomic mass is 35.5. The lowest BCUT2D eigenvalue weighted by atomic mass is 10.1. The second kappa shape index (κ2) is 8.69. The molecule has 4 rings (SSSR count). The lowest BCUT2D eigenvalue weighted by Gasteiger charge is -2.35. The summed E-state index contributed by atoms with van der Waals surface area (Å²) in [5, 5.41) is 0.531. The SMILES string of the molecule is O=C(CCN1C(=O)c2ccccc2C1=O)N1CCN(C(=O)c2cccc(Cl)c2Cl)CC1. The summed E-state index contributed by atoms with van der Waals surface area (Å²) in [6.45, 7) is 1.49. The topological polar surface area (TPSA) is 78.0 Å². The highest BCUT2D eigenvalue weighted by Crippen LogP contribution is 2.27. The van der Waals surface area contributed by atoms with Crippen LogP contribution >= 0.6 is 23.2 Å². The molecular formula is C22H19Cl2N3O4. The third-order valence-corrected chi connectivity index (χ3v) is 6.35. The van der Waals surface area contributed by atoms with Crippen LogP contribution in [0.3, 0.4) is 0 Å². The van der Waals surface area contributed by atoms with Crippen LogP contribution in [0.15, 0.2) is 42.5 Å². The van der Waals surface area contributed by atoms with Crippen LogP contribution in [0.2, 0.25) is 10.0 Å². The Morgan fingerprint density at radius 2 is 1.39 bits per heavy atom. The summed E-state index contributed by atoms with van der Waals surface area (Å²) >= 11 is 12.1. The summed E-state index contributed by atoms with van der Waals surface area (Å²) < 4.78 is 0. The van der Waals surface area contributed by atoms with Gasteiger partial charge in [0.2, 0.25) is 5.91 Å². The molecule has 2 aromatic carbocycles. The number of halogens is 2. The van der Waals surface area contributed by atoms with Crippen LogP contribution in [0.4, 0.5) is 0 Å². The van der Waals surface area contributed by atoms with Gasteiger partial charge in [-0.1, -0.05) is 41.4 Å². The molecule has 7 nitrogen and oxygen atoms in total. The summed E-state index contributed by atoms with van der Waals surface area (Å²) in [5.41, 5.74) is 1.07. The average molecular weight is 460 g/mol. The number of piperazine rings is 1. The van der Waals surface area contributed by atoms with Crippen molar-refractivity contribution >= 4 is 46.8 Å². The molecule has 2 heterocycles. The standard InChI is InChI=1S/C22H19Cl2N3O4/c23-17-7-3-6-16(19(17)24)20(29)26-12-10-25(11-13-26)18(28)8-9-27-21(30)14-4-1-2-5-15(14)22(27)31/h1-7H,8-13H2. The summed E-state index contributed by atoms with van der Waals surface area (Å²) in [4.78, 5) is 54.6. The number of carbonyl (C=O) groups is 4. The molecule has 1 saturated heterocycles. The molecule has 0 unspecified atom stereocenters. The Balaban J connectivity index is 1.31. The third kappa shape index (κ3) is 4.03. The van der Waals surface area contributed by atoms with Crippen molar-refractivity contribution < 1.29 is 19.2 Å². The molecule has 0 aromatic heterocycles. The summed E-state index contributed by atoms with van der Waals surface area (Å²) in [7, 11) is 0. The van der Waals surface area contributed by atoms with Crippen LogP contribution in [0.25, 0.3) is 0 Å². The number of hydrogen-bond donors (Lipinski definition) is 0. The predicted octanol–water partition coefficient (Wildman–Crippen LogP) is 2.96. The van der Waals surface area contributed by atoms with E-state index in [9.17, 15) is 19.2 Å². The minimum absolute atomic E-state index is 0.0302. The smallest absolute Gasteiger partial charge is 0.261 e. The summed E-state index contributed by atoms with van der Waals surface area (Å²) in [5.74, 6) is -1.14. The molecule has 2 aliphatic rings. The maximum absolute atomic E-state index is 12.7. The van der Waals surface area contributed by atoms with Crippen molar-refractivity contribution in [1.29, 1.82) is 0 Å². The molecule has 0 N–H and O–H groups in total. The molecule has 4 amide bonds. The molecule has 160 valence electrons. The van der Waals surface area contributed by atoms with Crippen LogP contribution in [-0.2, 0) is 4.79 Å². The van der Waals surface area contributed by atoms with Gasteiger partial charge in [0.15, 0.2) is 0 Å². The van der Waals surface area contributed by atoms with E-state index in [1.165, 1.54) is 0 Å². The van der Waals surface area contributed by atoms with Crippen LogP contribution in [0.1, 0.15) is 37.5 Å². The van der Waals surface area contributed by atoms with Gasteiger partial charge in [0, 0.05) is 39.1 Å². The van der Waals surface area contributed by atoms with Gasteiger partial charge >= 0.3 is 0 Å². The van der Waals surface area contributed by atoms with Crippen LogP contribution in [0, 0.1) is 0 Å². The van der Waals surface area contributed by atoms with Crippen molar-refractivity contribution in [3.05, 3.63) is 69.2 Å². The largest absolute Gasteiger partial charge is 0.339 e. The van der Waals surface area contributed by atoms with Gasteiger partial charge in [0.1, 0.15) is 0 Å². The van der Waals surface area contributed by atoms with E-state index in [-0.39, 0.29) is 41.6 Å². The van der Waals surface area contributed by atoms with Gasteiger partial charge in [-0.05, 0) is 24.3 Å².